The highest BCUT2D eigenvalue weighted by Crippen LogP contribution is 2.33. The highest BCUT2D eigenvalue weighted by atomic mass is 32.1. The lowest BCUT2D eigenvalue weighted by Gasteiger charge is -2.36. The Kier molecular flexibility index (Phi) is 6.00. The van der Waals surface area contributed by atoms with Crippen molar-refractivity contribution in [3.8, 4) is 11.5 Å². The van der Waals surface area contributed by atoms with Gasteiger partial charge >= 0.3 is 6.18 Å². The first-order valence-electron chi connectivity index (χ1n) is 9.50. The molecule has 2 aromatic rings. The Balaban J connectivity index is 1.26. The number of piperazine rings is 1. The van der Waals surface area contributed by atoms with E-state index in [0.717, 1.165) is 60.9 Å². The molecule has 4 rings (SSSR count). The first-order valence-corrected chi connectivity index (χ1v) is 10.4. The average Bonchev–Trinajstić information content (AvgIpc) is 3.38. The smallest absolute Gasteiger partial charge is 0.434 e. The number of alkyl halides is 3. The summed E-state index contributed by atoms with van der Waals surface area (Å²) in [5.41, 5.74) is 0.316. The molecule has 162 valence electrons. The molecule has 0 radical (unpaired) electrons. The van der Waals surface area contributed by atoms with Gasteiger partial charge in [0.25, 0.3) is 0 Å². The van der Waals surface area contributed by atoms with Crippen LogP contribution in [-0.2, 0) is 19.3 Å². The van der Waals surface area contributed by atoms with E-state index < -0.39 is 11.9 Å². The molecule has 1 aromatic carbocycles. The Labute approximate surface area is 176 Å². The number of rotatable bonds is 4. The Morgan fingerprint density at radius 3 is 2.67 bits per heavy atom. The van der Waals surface area contributed by atoms with Crippen LogP contribution in [0.2, 0.25) is 0 Å². The van der Waals surface area contributed by atoms with Gasteiger partial charge in [0.2, 0.25) is 6.79 Å². The fourth-order valence-corrected chi connectivity index (χ4v) is 4.17. The van der Waals surface area contributed by atoms with Gasteiger partial charge in [-0.3, -0.25) is 9.89 Å². The molecule has 1 fully saturated rings. The predicted octanol–water partition coefficient (Wildman–Crippen LogP) is 2.78. The molecule has 0 amide bonds. The number of aliphatic imine (C=N–C) groups is 1. The fraction of sp³-hybridized carbons (Fsp3) is 0.474. The number of aromatic nitrogens is 1. The molecule has 0 atom stereocenters. The molecule has 30 heavy (non-hydrogen) atoms. The van der Waals surface area contributed by atoms with Gasteiger partial charge in [0.1, 0.15) is 5.01 Å². The van der Waals surface area contributed by atoms with Gasteiger partial charge in [-0.1, -0.05) is 6.07 Å². The lowest BCUT2D eigenvalue weighted by atomic mass is 10.1. The van der Waals surface area contributed by atoms with Crippen LogP contribution in [0, 0.1) is 0 Å². The molecule has 0 aliphatic carbocycles. The van der Waals surface area contributed by atoms with E-state index in [1.165, 1.54) is 5.56 Å². The van der Waals surface area contributed by atoms with Crippen LogP contribution in [0.4, 0.5) is 13.2 Å². The molecule has 3 heterocycles. The van der Waals surface area contributed by atoms with Crippen molar-refractivity contribution in [1.29, 1.82) is 0 Å². The number of benzene rings is 1. The zero-order chi connectivity index (χ0) is 21.1. The van der Waals surface area contributed by atoms with Crippen molar-refractivity contribution in [2.24, 2.45) is 4.99 Å². The second-order valence-corrected chi connectivity index (χ2v) is 7.92. The normalized spacial score (nSPS) is 17.5. The molecule has 1 aromatic heterocycles. The van der Waals surface area contributed by atoms with Gasteiger partial charge in [-0.2, -0.15) is 13.2 Å². The van der Waals surface area contributed by atoms with Crippen molar-refractivity contribution in [3.63, 3.8) is 0 Å². The summed E-state index contributed by atoms with van der Waals surface area (Å²) in [4.78, 5) is 12.4. The van der Waals surface area contributed by atoms with Crippen molar-refractivity contribution in [2.45, 2.75) is 19.3 Å². The highest BCUT2D eigenvalue weighted by Gasteiger charge is 2.33. The Morgan fingerprint density at radius 2 is 1.97 bits per heavy atom. The maximum Gasteiger partial charge on any atom is 0.434 e. The third-order valence-electron chi connectivity index (χ3n) is 4.97. The number of halogens is 3. The minimum Gasteiger partial charge on any atom is -0.454 e. The van der Waals surface area contributed by atoms with Gasteiger partial charge in [0, 0.05) is 45.2 Å². The van der Waals surface area contributed by atoms with Crippen LogP contribution in [0.3, 0.4) is 0 Å². The lowest BCUT2D eigenvalue weighted by Crippen LogP contribution is -2.52. The van der Waals surface area contributed by atoms with Gasteiger partial charge in [0.05, 0.1) is 6.54 Å². The number of nitrogens with zero attached hydrogens (tertiary/aromatic N) is 4. The largest absolute Gasteiger partial charge is 0.454 e. The molecule has 2 aliphatic rings. The summed E-state index contributed by atoms with van der Waals surface area (Å²) in [6.45, 7) is 4.55. The molecule has 2 aliphatic heterocycles. The number of nitrogens with one attached hydrogen (secondary N) is 1. The van der Waals surface area contributed by atoms with Crippen molar-refractivity contribution in [2.75, 3.05) is 40.0 Å². The number of hydrogen-bond acceptors (Lipinski definition) is 6. The second-order valence-electron chi connectivity index (χ2n) is 6.98. The van der Waals surface area contributed by atoms with Crippen LogP contribution in [0.1, 0.15) is 16.3 Å². The van der Waals surface area contributed by atoms with Crippen LogP contribution in [0.5, 0.6) is 11.5 Å². The van der Waals surface area contributed by atoms with E-state index in [2.05, 4.69) is 25.1 Å². The first-order chi connectivity index (χ1) is 14.4. The van der Waals surface area contributed by atoms with Gasteiger partial charge in [0.15, 0.2) is 23.2 Å². The van der Waals surface area contributed by atoms with Crippen LogP contribution < -0.4 is 14.8 Å². The zero-order valence-electron chi connectivity index (χ0n) is 16.4. The summed E-state index contributed by atoms with van der Waals surface area (Å²) in [7, 11) is 1.67. The van der Waals surface area contributed by atoms with Crippen molar-refractivity contribution >= 4 is 17.3 Å². The van der Waals surface area contributed by atoms with Gasteiger partial charge in [-0.25, -0.2) is 4.98 Å². The third kappa shape index (κ3) is 4.78. The molecule has 1 saturated heterocycles. The molecule has 0 saturated carbocycles. The molecular weight excluding hydrogens is 419 g/mol. The van der Waals surface area contributed by atoms with Crippen LogP contribution >= 0.6 is 11.3 Å². The highest BCUT2D eigenvalue weighted by molar-refractivity contribution is 7.09. The Hall–Kier alpha value is -2.53. The van der Waals surface area contributed by atoms with E-state index in [0.29, 0.717) is 11.0 Å². The molecule has 7 nitrogen and oxygen atoms in total. The number of ether oxygens (including phenoxy) is 2. The summed E-state index contributed by atoms with van der Waals surface area (Å²) in [6.07, 6.45) is -4.41. The average molecular weight is 441 g/mol. The number of fused-ring (bicyclic) bond motifs is 1. The third-order valence-corrected chi connectivity index (χ3v) is 5.82. The summed E-state index contributed by atoms with van der Waals surface area (Å²) < 4.78 is 48.8. The van der Waals surface area contributed by atoms with E-state index in [9.17, 15) is 13.2 Å². The summed E-state index contributed by atoms with van der Waals surface area (Å²) in [5.74, 6) is 2.23. The SMILES string of the molecule is CN=C(NCc1nc(C(F)(F)F)cs1)N1CCN(Cc2ccc3c(c2)OCO3)CC1. The zero-order valence-corrected chi connectivity index (χ0v) is 17.2. The number of thiazole rings is 1. The summed E-state index contributed by atoms with van der Waals surface area (Å²) >= 11 is 0.991. The van der Waals surface area contributed by atoms with Crippen LogP contribution in [0.25, 0.3) is 0 Å². The maximum absolute atomic E-state index is 12.7. The summed E-state index contributed by atoms with van der Waals surface area (Å²) in [6, 6.07) is 5.99. The standard InChI is InChI=1S/C19H22F3N5O2S/c1-23-18(24-9-17-25-16(11-30-17)19(20,21)22)27-6-4-26(5-7-27)10-13-2-3-14-15(8-13)29-12-28-14/h2-3,8,11H,4-7,9-10,12H2,1H3,(H,23,24). The van der Waals surface area contributed by atoms with E-state index in [1.807, 2.05) is 18.2 Å². The second kappa shape index (κ2) is 8.68. The monoisotopic (exact) mass is 441 g/mol. The minimum atomic E-state index is -4.41. The Morgan fingerprint density at radius 1 is 1.20 bits per heavy atom. The van der Waals surface area contributed by atoms with Crippen molar-refractivity contribution in [3.05, 3.63) is 39.8 Å². The summed E-state index contributed by atoms with van der Waals surface area (Å²) in [5, 5.41) is 4.54. The fourth-order valence-electron chi connectivity index (χ4n) is 3.42. The minimum absolute atomic E-state index is 0.213. The Bertz CT molecular complexity index is 910. The maximum atomic E-state index is 12.7. The molecule has 11 heteroatoms. The van der Waals surface area contributed by atoms with Gasteiger partial charge < -0.3 is 19.7 Å². The molecular formula is C19H22F3N5O2S. The molecule has 1 N–H and O–H groups in total. The van der Waals surface area contributed by atoms with Gasteiger partial charge in [-0.15, -0.1) is 11.3 Å². The van der Waals surface area contributed by atoms with Gasteiger partial charge in [-0.05, 0) is 17.7 Å². The van der Waals surface area contributed by atoms with Crippen LogP contribution in [0.15, 0.2) is 28.6 Å². The predicted molar refractivity (Wildman–Crippen MR) is 107 cm³/mol. The van der Waals surface area contributed by atoms with Crippen LogP contribution in [-0.4, -0.2) is 60.8 Å². The first kappa shape index (κ1) is 20.7. The quantitative estimate of drug-likeness (QED) is 0.582. The van der Waals surface area contributed by atoms with E-state index in [1.54, 1.807) is 7.05 Å². The number of guanidine groups is 1. The van der Waals surface area contributed by atoms with Crippen molar-refractivity contribution < 1.29 is 22.6 Å². The molecule has 0 unspecified atom stereocenters. The van der Waals surface area contributed by atoms with Crippen molar-refractivity contribution in [1.82, 2.24) is 20.1 Å². The van der Waals surface area contributed by atoms with E-state index >= 15 is 0 Å². The molecule has 0 bridgehead atoms. The lowest BCUT2D eigenvalue weighted by molar-refractivity contribution is -0.140. The topological polar surface area (TPSA) is 62.2 Å². The van der Waals surface area contributed by atoms with E-state index in [4.69, 9.17) is 9.47 Å². The number of hydrogen-bond donors (Lipinski definition) is 1. The van der Waals surface area contributed by atoms with E-state index in [-0.39, 0.29) is 13.3 Å². The molecule has 0 spiro atoms.